The molecule has 0 saturated carbocycles. The SMILES string of the molecule is CCCCCC(C(=O)c1ccccc1)c1cc(CCC)c(CCC)c(O)c1N. The molecule has 0 aromatic heterocycles. The van der Waals surface area contributed by atoms with Gasteiger partial charge in [0.05, 0.1) is 5.69 Å². The Labute approximate surface area is 170 Å². The van der Waals surface area contributed by atoms with Gasteiger partial charge in [0.2, 0.25) is 0 Å². The van der Waals surface area contributed by atoms with Crippen molar-refractivity contribution in [1.82, 2.24) is 0 Å². The number of aryl methyl sites for hydroxylation is 1. The van der Waals surface area contributed by atoms with Crippen LogP contribution in [0.15, 0.2) is 36.4 Å². The van der Waals surface area contributed by atoms with Crippen LogP contribution in [0, 0.1) is 0 Å². The lowest BCUT2D eigenvalue weighted by molar-refractivity contribution is 0.0954. The maximum atomic E-state index is 13.3. The summed E-state index contributed by atoms with van der Waals surface area (Å²) in [5, 5.41) is 10.9. The fourth-order valence-electron chi connectivity index (χ4n) is 3.94. The van der Waals surface area contributed by atoms with Gasteiger partial charge in [-0.3, -0.25) is 4.79 Å². The third-order valence-corrected chi connectivity index (χ3v) is 5.44. The van der Waals surface area contributed by atoms with Crippen molar-refractivity contribution in [2.75, 3.05) is 5.73 Å². The molecule has 0 radical (unpaired) electrons. The van der Waals surface area contributed by atoms with Crippen LogP contribution in [0.25, 0.3) is 0 Å². The molecule has 28 heavy (non-hydrogen) atoms. The number of unbranched alkanes of at least 4 members (excludes halogenated alkanes) is 2. The Morgan fingerprint density at radius 3 is 2.29 bits per heavy atom. The molecule has 2 rings (SSSR count). The van der Waals surface area contributed by atoms with Crippen LogP contribution in [0.4, 0.5) is 5.69 Å². The second-order valence-corrected chi connectivity index (χ2v) is 7.64. The average Bonchev–Trinajstić information content (AvgIpc) is 2.71. The van der Waals surface area contributed by atoms with E-state index in [1.165, 1.54) is 0 Å². The van der Waals surface area contributed by atoms with E-state index >= 15 is 0 Å². The van der Waals surface area contributed by atoms with Crippen LogP contribution in [0.5, 0.6) is 5.75 Å². The molecule has 0 saturated heterocycles. The molecule has 2 aromatic rings. The Balaban J connectivity index is 2.53. The number of anilines is 1. The van der Waals surface area contributed by atoms with E-state index in [0.29, 0.717) is 11.3 Å². The fourth-order valence-corrected chi connectivity index (χ4v) is 3.94. The largest absolute Gasteiger partial charge is 0.505 e. The van der Waals surface area contributed by atoms with E-state index in [0.717, 1.165) is 68.1 Å². The quantitative estimate of drug-likeness (QED) is 0.204. The van der Waals surface area contributed by atoms with Gasteiger partial charge in [0.1, 0.15) is 5.75 Å². The molecule has 0 aliphatic carbocycles. The zero-order chi connectivity index (χ0) is 20.5. The smallest absolute Gasteiger partial charge is 0.170 e. The molecule has 0 fully saturated rings. The lowest BCUT2D eigenvalue weighted by Crippen LogP contribution is -2.16. The summed E-state index contributed by atoms with van der Waals surface area (Å²) >= 11 is 0. The number of ketones is 1. The van der Waals surface area contributed by atoms with Crippen LogP contribution in [0.3, 0.4) is 0 Å². The molecule has 3 N–H and O–H groups in total. The van der Waals surface area contributed by atoms with Gasteiger partial charge in [0.25, 0.3) is 0 Å². The number of nitrogens with two attached hydrogens (primary N) is 1. The van der Waals surface area contributed by atoms with Crippen molar-refractivity contribution < 1.29 is 9.90 Å². The van der Waals surface area contributed by atoms with Crippen molar-refractivity contribution in [2.45, 2.75) is 78.1 Å². The van der Waals surface area contributed by atoms with Gasteiger partial charge in [-0.25, -0.2) is 0 Å². The maximum Gasteiger partial charge on any atom is 0.170 e. The van der Waals surface area contributed by atoms with Crippen molar-refractivity contribution in [3.8, 4) is 5.75 Å². The molecule has 152 valence electrons. The average molecular weight is 382 g/mol. The van der Waals surface area contributed by atoms with E-state index in [2.05, 4.69) is 26.8 Å². The predicted octanol–water partition coefficient (Wildman–Crippen LogP) is 6.43. The second-order valence-electron chi connectivity index (χ2n) is 7.64. The van der Waals surface area contributed by atoms with Gasteiger partial charge in [-0.1, -0.05) is 89.3 Å². The minimum Gasteiger partial charge on any atom is -0.505 e. The number of rotatable bonds is 11. The zero-order valence-electron chi connectivity index (χ0n) is 17.6. The molecule has 3 nitrogen and oxygen atoms in total. The van der Waals surface area contributed by atoms with Crippen molar-refractivity contribution in [3.05, 3.63) is 58.7 Å². The first-order valence-corrected chi connectivity index (χ1v) is 10.8. The van der Waals surface area contributed by atoms with Crippen LogP contribution in [-0.4, -0.2) is 10.9 Å². The normalized spacial score (nSPS) is 12.1. The molecular formula is C25H35NO2. The van der Waals surface area contributed by atoms with E-state index < -0.39 is 0 Å². The summed E-state index contributed by atoms with van der Waals surface area (Å²) in [5.74, 6) is -0.0382. The van der Waals surface area contributed by atoms with Crippen molar-refractivity contribution in [3.63, 3.8) is 0 Å². The van der Waals surface area contributed by atoms with Gasteiger partial charge < -0.3 is 10.8 Å². The van der Waals surface area contributed by atoms with E-state index in [-0.39, 0.29) is 17.5 Å². The highest BCUT2D eigenvalue weighted by atomic mass is 16.3. The van der Waals surface area contributed by atoms with Gasteiger partial charge in [-0.15, -0.1) is 0 Å². The fraction of sp³-hybridized carbons (Fsp3) is 0.480. The predicted molar refractivity (Wildman–Crippen MR) is 118 cm³/mol. The summed E-state index contributed by atoms with van der Waals surface area (Å²) in [5.41, 5.74) is 10.4. The van der Waals surface area contributed by atoms with Crippen molar-refractivity contribution >= 4 is 11.5 Å². The number of hydrogen-bond acceptors (Lipinski definition) is 3. The Morgan fingerprint density at radius 1 is 1.00 bits per heavy atom. The first-order valence-electron chi connectivity index (χ1n) is 10.8. The Hall–Kier alpha value is -2.29. The van der Waals surface area contributed by atoms with Gasteiger partial charge in [-0.2, -0.15) is 0 Å². The van der Waals surface area contributed by atoms with E-state index in [4.69, 9.17) is 5.73 Å². The number of carbonyl (C=O) groups is 1. The van der Waals surface area contributed by atoms with E-state index in [9.17, 15) is 9.90 Å². The molecule has 0 heterocycles. The number of phenolic OH excluding ortho intramolecular Hbond substituents is 1. The number of phenols is 1. The van der Waals surface area contributed by atoms with E-state index in [1.807, 2.05) is 30.3 Å². The molecule has 2 aromatic carbocycles. The molecule has 0 spiro atoms. The molecule has 1 unspecified atom stereocenters. The van der Waals surface area contributed by atoms with Gasteiger partial charge >= 0.3 is 0 Å². The zero-order valence-corrected chi connectivity index (χ0v) is 17.6. The molecule has 0 aliphatic heterocycles. The number of Topliss-reactive ketones (excluding diaryl/α,β-unsaturated/α-hetero) is 1. The molecule has 1 atom stereocenters. The van der Waals surface area contributed by atoms with Crippen LogP contribution in [0.1, 0.15) is 92.3 Å². The van der Waals surface area contributed by atoms with Crippen LogP contribution >= 0.6 is 0 Å². The molecule has 3 heteroatoms. The van der Waals surface area contributed by atoms with Gasteiger partial charge in [0.15, 0.2) is 5.78 Å². The highest BCUT2D eigenvalue weighted by Crippen LogP contribution is 2.40. The summed E-state index contributed by atoms with van der Waals surface area (Å²) in [6, 6.07) is 11.5. The molecule has 0 aliphatic rings. The second kappa shape index (κ2) is 10.9. The minimum atomic E-state index is -0.314. The maximum absolute atomic E-state index is 13.3. The number of hydrogen-bond donors (Lipinski definition) is 2. The monoisotopic (exact) mass is 381 g/mol. The Kier molecular flexibility index (Phi) is 8.56. The molecule has 0 amide bonds. The summed E-state index contributed by atoms with van der Waals surface area (Å²) in [7, 11) is 0. The van der Waals surface area contributed by atoms with Crippen LogP contribution < -0.4 is 5.73 Å². The van der Waals surface area contributed by atoms with Crippen LogP contribution in [0.2, 0.25) is 0 Å². The molecule has 0 bridgehead atoms. The first-order chi connectivity index (χ1) is 13.5. The van der Waals surface area contributed by atoms with E-state index in [1.54, 1.807) is 0 Å². The number of carbonyl (C=O) groups excluding carboxylic acids is 1. The topological polar surface area (TPSA) is 63.3 Å². The van der Waals surface area contributed by atoms with Crippen LogP contribution in [-0.2, 0) is 12.8 Å². The summed E-state index contributed by atoms with van der Waals surface area (Å²) < 4.78 is 0. The number of aromatic hydroxyl groups is 1. The highest BCUT2D eigenvalue weighted by molar-refractivity contribution is 6.02. The first kappa shape index (κ1) is 22.0. The summed E-state index contributed by atoms with van der Waals surface area (Å²) in [4.78, 5) is 13.3. The van der Waals surface area contributed by atoms with Gasteiger partial charge in [0, 0.05) is 11.5 Å². The Bertz CT molecular complexity index is 768. The third kappa shape index (κ3) is 5.15. The summed E-state index contributed by atoms with van der Waals surface area (Å²) in [6.45, 7) is 6.40. The summed E-state index contributed by atoms with van der Waals surface area (Å²) in [6.07, 6.45) is 7.54. The Morgan fingerprint density at radius 2 is 1.68 bits per heavy atom. The lowest BCUT2D eigenvalue weighted by Gasteiger charge is -2.22. The number of benzene rings is 2. The van der Waals surface area contributed by atoms with Crippen molar-refractivity contribution in [2.24, 2.45) is 0 Å². The highest BCUT2D eigenvalue weighted by Gasteiger charge is 2.27. The number of nitrogen functional groups attached to an aromatic ring is 1. The lowest BCUT2D eigenvalue weighted by atomic mass is 9.82. The third-order valence-electron chi connectivity index (χ3n) is 5.44. The van der Waals surface area contributed by atoms with Gasteiger partial charge in [-0.05, 0) is 36.0 Å². The minimum absolute atomic E-state index is 0.0912. The van der Waals surface area contributed by atoms with Crippen molar-refractivity contribution in [1.29, 1.82) is 0 Å². The molecular weight excluding hydrogens is 346 g/mol. The standard InChI is InChI=1S/C25H35NO2/c1-4-7-9-16-21(24(27)18-14-10-8-11-15-18)22-17-19(12-5-2)20(13-6-3)25(28)23(22)26/h8,10-11,14-15,17,21,28H,4-7,9,12-13,16,26H2,1-3H3.